The molecule has 0 atom stereocenters. The molecular weight excluding hydrogens is 122 g/mol. The van der Waals surface area contributed by atoms with E-state index < -0.39 is 0 Å². The van der Waals surface area contributed by atoms with Crippen molar-refractivity contribution in [3.05, 3.63) is 36.5 Å². The number of aromatic nitrogens is 1. The Labute approximate surface area is 62.3 Å². The Morgan fingerprint density at radius 1 is 1.40 bits per heavy atom. The molecule has 0 aromatic carbocycles. The molecule has 0 spiro atoms. The van der Waals surface area contributed by atoms with Crippen molar-refractivity contribution in [2.45, 2.75) is 13.3 Å². The van der Waals surface area contributed by atoms with E-state index in [2.05, 4.69) is 37.9 Å². The normalized spacial score (nSPS) is 9.80. The van der Waals surface area contributed by atoms with Gasteiger partial charge in [-0.05, 0) is 18.4 Å². The lowest BCUT2D eigenvalue weighted by atomic mass is 10.2. The van der Waals surface area contributed by atoms with E-state index >= 15 is 0 Å². The first-order chi connectivity index (χ1) is 4.83. The van der Waals surface area contributed by atoms with E-state index in [9.17, 15) is 0 Å². The SMILES string of the molecule is C[CH]Cc1cc[n+](C)cc1. The summed E-state index contributed by atoms with van der Waals surface area (Å²) in [5, 5.41) is 0. The van der Waals surface area contributed by atoms with Crippen LogP contribution in [-0.2, 0) is 13.5 Å². The Morgan fingerprint density at radius 3 is 2.50 bits per heavy atom. The van der Waals surface area contributed by atoms with E-state index in [-0.39, 0.29) is 0 Å². The summed E-state index contributed by atoms with van der Waals surface area (Å²) in [4.78, 5) is 0. The maximum absolute atomic E-state index is 2.16. The molecule has 0 bridgehead atoms. The van der Waals surface area contributed by atoms with Crippen molar-refractivity contribution >= 4 is 0 Å². The summed E-state index contributed by atoms with van der Waals surface area (Å²) < 4.78 is 2.04. The highest BCUT2D eigenvalue weighted by Gasteiger charge is 1.92. The predicted octanol–water partition coefficient (Wildman–Crippen LogP) is 1.28. The third-order valence-electron chi connectivity index (χ3n) is 1.49. The first kappa shape index (κ1) is 7.26. The van der Waals surface area contributed by atoms with Crippen molar-refractivity contribution in [1.82, 2.24) is 0 Å². The Bertz CT molecular complexity index is 188. The molecule has 53 valence electrons. The van der Waals surface area contributed by atoms with Crippen LogP contribution in [0.25, 0.3) is 0 Å². The minimum Gasteiger partial charge on any atom is -0.208 e. The number of hydrogen-bond acceptors (Lipinski definition) is 0. The van der Waals surface area contributed by atoms with E-state index in [0.29, 0.717) is 0 Å². The standard InChI is InChI=1S/C9H13N/c1-3-4-9-5-7-10(2)8-6-9/h3,5-8H,4H2,1-2H3/q+1. The number of hydrogen-bond donors (Lipinski definition) is 0. The summed E-state index contributed by atoms with van der Waals surface area (Å²) in [6.45, 7) is 2.08. The molecule has 0 fully saturated rings. The maximum Gasteiger partial charge on any atom is 0.168 e. The molecule has 0 saturated heterocycles. The number of pyridine rings is 1. The fraction of sp³-hybridized carbons (Fsp3) is 0.333. The smallest absolute Gasteiger partial charge is 0.168 e. The number of aryl methyl sites for hydroxylation is 1. The van der Waals surface area contributed by atoms with Crippen molar-refractivity contribution < 1.29 is 4.57 Å². The Hall–Kier alpha value is -0.850. The molecule has 1 rings (SSSR count). The van der Waals surface area contributed by atoms with E-state index in [1.807, 2.05) is 11.6 Å². The van der Waals surface area contributed by atoms with Gasteiger partial charge in [-0.25, -0.2) is 4.57 Å². The van der Waals surface area contributed by atoms with Gasteiger partial charge in [0, 0.05) is 12.1 Å². The minimum atomic E-state index is 1.07. The molecule has 0 saturated carbocycles. The van der Waals surface area contributed by atoms with Gasteiger partial charge in [-0.2, -0.15) is 0 Å². The summed E-state index contributed by atoms with van der Waals surface area (Å²) in [5.74, 6) is 0. The van der Waals surface area contributed by atoms with Gasteiger partial charge in [0.2, 0.25) is 0 Å². The van der Waals surface area contributed by atoms with E-state index in [1.54, 1.807) is 0 Å². The topological polar surface area (TPSA) is 3.88 Å². The van der Waals surface area contributed by atoms with Gasteiger partial charge < -0.3 is 0 Å². The molecule has 1 heterocycles. The monoisotopic (exact) mass is 135 g/mol. The zero-order valence-electron chi connectivity index (χ0n) is 6.54. The van der Waals surface area contributed by atoms with Gasteiger partial charge in [-0.3, -0.25) is 0 Å². The van der Waals surface area contributed by atoms with Crippen molar-refractivity contribution in [2.75, 3.05) is 0 Å². The predicted molar refractivity (Wildman–Crippen MR) is 41.3 cm³/mol. The molecule has 0 unspecified atom stereocenters. The molecule has 1 aromatic rings. The van der Waals surface area contributed by atoms with Crippen LogP contribution in [0.4, 0.5) is 0 Å². The molecule has 0 aliphatic rings. The molecule has 1 nitrogen and oxygen atoms in total. The number of rotatable bonds is 2. The Balaban J connectivity index is 2.69. The van der Waals surface area contributed by atoms with Crippen molar-refractivity contribution in [3.8, 4) is 0 Å². The zero-order chi connectivity index (χ0) is 7.40. The summed E-state index contributed by atoms with van der Waals surface area (Å²) in [5.41, 5.74) is 1.38. The average Bonchev–Trinajstić information content (AvgIpc) is 1.95. The second-order valence-electron chi connectivity index (χ2n) is 2.48. The lowest BCUT2D eigenvalue weighted by molar-refractivity contribution is -0.671. The lowest BCUT2D eigenvalue weighted by Gasteiger charge is -1.93. The van der Waals surface area contributed by atoms with Gasteiger partial charge in [-0.15, -0.1) is 0 Å². The highest BCUT2D eigenvalue weighted by molar-refractivity contribution is 5.09. The van der Waals surface area contributed by atoms with Gasteiger partial charge in [0.05, 0.1) is 0 Å². The largest absolute Gasteiger partial charge is 0.208 e. The van der Waals surface area contributed by atoms with Crippen LogP contribution < -0.4 is 4.57 Å². The molecule has 0 aliphatic carbocycles. The zero-order valence-corrected chi connectivity index (χ0v) is 6.54. The first-order valence-electron chi connectivity index (χ1n) is 3.55. The van der Waals surface area contributed by atoms with E-state index in [4.69, 9.17) is 0 Å². The average molecular weight is 135 g/mol. The molecule has 1 aromatic heterocycles. The molecule has 1 heteroatoms. The lowest BCUT2D eigenvalue weighted by Crippen LogP contribution is -2.25. The van der Waals surface area contributed by atoms with Crippen LogP contribution >= 0.6 is 0 Å². The van der Waals surface area contributed by atoms with Crippen LogP contribution in [-0.4, -0.2) is 0 Å². The number of nitrogens with zero attached hydrogens (tertiary/aromatic N) is 1. The Morgan fingerprint density at radius 2 is 2.00 bits per heavy atom. The fourth-order valence-electron chi connectivity index (χ4n) is 0.904. The third-order valence-corrected chi connectivity index (χ3v) is 1.49. The van der Waals surface area contributed by atoms with Crippen LogP contribution in [0.1, 0.15) is 12.5 Å². The van der Waals surface area contributed by atoms with E-state index in [0.717, 1.165) is 6.42 Å². The second-order valence-corrected chi connectivity index (χ2v) is 2.48. The van der Waals surface area contributed by atoms with Crippen LogP contribution in [0.2, 0.25) is 0 Å². The van der Waals surface area contributed by atoms with Crippen molar-refractivity contribution in [1.29, 1.82) is 0 Å². The van der Waals surface area contributed by atoms with Gasteiger partial charge >= 0.3 is 0 Å². The van der Waals surface area contributed by atoms with Crippen LogP contribution in [0.3, 0.4) is 0 Å². The highest BCUT2D eigenvalue weighted by Crippen LogP contribution is 1.97. The summed E-state index contributed by atoms with van der Waals surface area (Å²) in [6, 6.07) is 4.28. The van der Waals surface area contributed by atoms with Gasteiger partial charge in [0.15, 0.2) is 12.4 Å². The molecule has 1 radical (unpaired) electrons. The summed E-state index contributed by atoms with van der Waals surface area (Å²) in [7, 11) is 2.03. The maximum atomic E-state index is 2.16. The second kappa shape index (κ2) is 3.35. The van der Waals surface area contributed by atoms with Gasteiger partial charge in [0.25, 0.3) is 0 Å². The first-order valence-corrected chi connectivity index (χ1v) is 3.55. The van der Waals surface area contributed by atoms with E-state index in [1.165, 1.54) is 5.56 Å². The summed E-state index contributed by atoms with van der Waals surface area (Å²) in [6.07, 6.45) is 7.37. The van der Waals surface area contributed by atoms with Crippen LogP contribution in [0, 0.1) is 6.42 Å². The van der Waals surface area contributed by atoms with Gasteiger partial charge in [-0.1, -0.05) is 6.92 Å². The minimum absolute atomic E-state index is 1.07. The van der Waals surface area contributed by atoms with Crippen LogP contribution in [0.15, 0.2) is 24.5 Å². The van der Waals surface area contributed by atoms with Crippen molar-refractivity contribution in [3.63, 3.8) is 0 Å². The molecular formula is C9H13N+. The molecule has 0 amide bonds. The Kier molecular flexibility index (Phi) is 2.43. The molecule has 0 aliphatic heterocycles. The quantitative estimate of drug-likeness (QED) is 0.538. The van der Waals surface area contributed by atoms with Crippen LogP contribution in [0.5, 0.6) is 0 Å². The summed E-state index contributed by atoms with van der Waals surface area (Å²) >= 11 is 0. The van der Waals surface area contributed by atoms with Gasteiger partial charge in [0.1, 0.15) is 7.05 Å². The fourth-order valence-corrected chi connectivity index (χ4v) is 0.904. The molecule has 0 N–H and O–H groups in total. The highest BCUT2D eigenvalue weighted by atomic mass is 14.9. The van der Waals surface area contributed by atoms with Crippen molar-refractivity contribution in [2.24, 2.45) is 7.05 Å². The molecule has 10 heavy (non-hydrogen) atoms. The third kappa shape index (κ3) is 1.83.